The molecule has 2 rings (SSSR count). The maximum atomic E-state index is 9.53. The van der Waals surface area contributed by atoms with Gasteiger partial charge in [-0.1, -0.05) is 13.0 Å². The van der Waals surface area contributed by atoms with E-state index in [-0.39, 0.29) is 0 Å². The number of aryl methyl sites for hydroxylation is 1. The molecule has 1 aliphatic rings. The van der Waals surface area contributed by atoms with Gasteiger partial charge in [0.2, 0.25) is 0 Å². The number of fused-ring (bicyclic) bond motifs is 1. The first-order valence-electron chi connectivity index (χ1n) is 6.94. The Morgan fingerprint density at radius 2 is 2.28 bits per heavy atom. The molecule has 1 aromatic rings. The number of hydrogen-bond acceptors (Lipinski definition) is 3. The quantitative estimate of drug-likeness (QED) is 0.839. The van der Waals surface area contributed by atoms with Crippen LogP contribution in [0.3, 0.4) is 0 Å². The molecule has 1 aromatic carbocycles. The van der Waals surface area contributed by atoms with Gasteiger partial charge >= 0.3 is 0 Å². The predicted octanol–water partition coefficient (Wildman–Crippen LogP) is 2.31. The molecule has 0 aliphatic heterocycles. The van der Waals surface area contributed by atoms with E-state index in [0.717, 1.165) is 26.1 Å². The summed E-state index contributed by atoms with van der Waals surface area (Å²) in [5, 5.41) is 13.2. The van der Waals surface area contributed by atoms with Crippen LogP contribution < -0.4 is 5.32 Å². The summed E-state index contributed by atoms with van der Waals surface area (Å²) in [7, 11) is 2.15. The van der Waals surface area contributed by atoms with Crippen LogP contribution in [0.2, 0.25) is 0 Å². The summed E-state index contributed by atoms with van der Waals surface area (Å²) in [5.74, 6) is 0.389. The number of phenolic OH excluding ortho intramolecular Hbond substituents is 1. The third-order valence-corrected chi connectivity index (χ3v) is 3.86. The van der Waals surface area contributed by atoms with Crippen molar-refractivity contribution >= 4 is 0 Å². The average molecular weight is 248 g/mol. The highest BCUT2D eigenvalue weighted by Gasteiger charge is 2.19. The number of rotatable bonds is 5. The Labute approximate surface area is 110 Å². The lowest BCUT2D eigenvalue weighted by molar-refractivity contribution is 0.333. The number of hydrogen-bond donors (Lipinski definition) is 2. The second-order valence-electron chi connectivity index (χ2n) is 5.18. The molecule has 0 heterocycles. The van der Waals surface area contributed by atoms with Crippen molar-refractivity contribution in [2.24, 2.45) is 0 Å². The molecule has 0 aromatic heterocycles. The van der Waals surface area contributed by atoms with Crippen LogP contribution in [0, 0.1) is 0 Å². The molecule has 18 heavy (non-hydrogen) atoms. The summed E-state index contributed by atoms with van der Waals surface area (Å²) in [6, 6.07) is 6.25. The maximum absolute atomic E-state index is 9.53. The fourth-order valence-electron chi connectivity index (χ4n) is 2.60. The molecule has 0 saturated carbocycles. The van der Waals surface area contributed by atoms with E-state index in [4.69, 9.17) is 0 Å². The minimum absolute atomic E-state index is 0.389. The highest BCUT2D eigenvalue weighted by Crippen LogP contribution is 2.31. The first-order valence-corrected chi connectivity index (χ1v) is 6.94. The van der Waals surface area contributed by atoms with E-state index in [0.29, 0.717) is 11.8 Å². The second kappa shape index (κ2) is 6.21. The van der Waals surface area contributed by atoms with Crippen molar-refractivity contribution in [1.82, 2.24) is 10.2 Å². The molecule has 0 saturated heterocycles. The first kappa shape index (κ1) is 13.4. The molecule has 1 unspecified atom stereocenters. The Morgan fingerprint density at radius 3 is 3.06 bits per heavy atom. The van der Waals surface area contributed by atoms with E-state index < -0.39 is 0 Å². The fraction of sp³-hybridized carbons (Fsp3) is 0.600. The number of phenols is 1. The summed E-state index contributed by atoms with van der Waals surface area (Å²) in [5.41, 5.74) is 2.68. The lowest BCUT2D eigenvalue weighted by Gasteiger charge is -2.27. The van der Waals surface area contributed by atoms with Gasteiger partial charge in [-0.2, -0.15) is 0 Å². The summed E-state index contributed by atoms with van der Waals surface area (Å²) in [6.45, 7) is 5.38. The normalized spacial score (nSPS) is 18.9. The smallest absolute Gasteiger partial charge is 0.115 e. The zero-order valence-corrected chi connectivity index (χ0v) is 11.4. The minimum Gasteiger partial charge on any atom is -0.508 e. The van der Waals surface area contributed by atoms with Gasteiger partial charge in [0.1, 0.15) is 5.75 Å². The Bertz CT molecular complexity index is 392. The third kappa shape index (κ3) is 3.24. The van der Waals surface area contributed by atoms with Gasteiger partial charge < -0.3 is 15.3 Å². The average Bonchev–Trinajstić information content (AvgIpc) is 2.38. The van der Waals surface area contributed by atoms with Gasteiger partial charge in [0.05, 0.1) is 0 Å². The van der Waals surface area contributed by atoms with E-state index >= 15 is 0 Å². The molecular weight excluding hydrogens is 224 g/mol. The number of nitrogens with one attached hydrogen (secondary N) is 1. The van der Waals surface area contributed by atoms with Gasteiger partial charge in [-0.15, -0.1) is 0 Å². The van der Waals surface area contributed by atoms with Crippen LogP contribution in [-0.2, 0) is 6.42 Å². The van der Waals surface area contributed by atoms with Gasteiger partial charge in [-0.3, -0.25) is 0 Å². The molecule has 0 radical (unpaired) electrons. The predicted molar refractivity (Wildman–Crippen MR) is 75.0 cm³/mol. The fourth-order valence-corrected chi connectivity index (χ4v) is 2.60. The van der Waals surface area contributed by atoms with Crippen LogP contribution in [0.25, 0.3) is 0 Å². The van der Waals surface area contributed by atoms with Crippen LogP contribution in [-0.4, -0.2) is 36.7 Å². The van der Waals surface area contributed by atoms with Crippen molar-refractivity contribution in [2.45, 2.75) is 32.2 Å². The van der Waals surface area contributed by atoms with Crippen LogP contribution in [0.15, 0.2) is 18.2 Å². The Kier molecular flexibility index (Phi) is 4.61. The molecule has 0 fully saturated rings. The molecule has 0 amide bonds. The van der Waals surface area contributed by atoms with Crippen molar-refractivity contribution in [3.63, 3.8) is 0 Å². The van der Waals surface area contributed by atoms with Crippen LogP contribution in [0.5, 0.6) is 5.75 Å². The molecule has 1 aliphatic carbocycles. The molecule has 3 heteroatoms. The van der Waals surface area contributed by atoms with Gasteiger partial charge in [0, 0.05) is 19.1 Å². The summed E-state index contributed by atoms with van der Waals surface area (Å²) < 4.78 is 0. The van der Waals surface area contributed by atoms with Crippen molar-refractivity contribution in [3.8, 4) is 5.75 Å². The first-order chi connectivity index (χ1) is 8.70. The van der Waals surface area contributed by atoms with E-state index in [1.54, 1.807) is 6.07 Å². The van der Waals surface area contributed by atoms with Crippen LogP contribution >= 0.6 is 0 Å². The summed E-state index contributed by atoms with van der Waals surface area (Å²) in [4.78, 5) is 2.31. The number of aromatic hydroxyl groups is 1. The van der Waals surface area contributed by atoms with Crippen molar-refractivity contribution < 1.29 is 5.11 Å². The maximum Gasteiger partial charge on any atom is 0.115 e. The van der Waals surface area contributed by atoms with Gasteiger partial charge in [-0.05, 0) is 56.1 Å². The van der Waals surface area contributed by atoms with Crippen molar-refractivity contribution in [2.75, 3.05) is 26.7 Å². The standard InChI is InChI=1S/C15H24N2O/c1-3-17(2)10-9-16-15-6-4-5-12-11-13(18)7-8-14(12)15/h7-8,11,15-16,18H,3-6,9-10H2,1-2H3. The molecule has 100 valence electrons. The van der Waals surface area contributed by atoms with Crippen LogP contribution in [0.1, 0.15) is 36.9 Å². The third-order valence-electron chi connectivity index (χ3n) is 3.86. The summed E-state index contributed by atoms with van der Waals surface area (Å²) >= 11 is 0. The molecule has 3 nitrogen and oxygen atoms in total. The van der Waals surface area contributed by atoms with Crippen molar-refractivity contribution in [1.29, 1.82) is 0 Å². The molecular formula is C15H24N2O. The largest absolute Gasteiger partial charge is 0.508 e. The molecule has 2 N–H and O–H groups in total. The highest BCUT2D eigenvalue weighted by atomic mass is 16.3. The zero-order valence-electron chi connectivity index (χ0n) is 11.4. The number of likely N-dealkylation sites (N-methyl/N-ethyl adjacent to an activating group) is 1. The van der Waals surface area contributed by atoms with Gasteiger partial charge in [0.15, 0.2) is 0 Å². The number of benzene rings is 1. The highest BCUT2D eigenvalue weighted by molar-refractivity contribution is 5.38. The van der Waals surface area contributed by atoms with Gasteiger partial charge in [0.25, 0.3) is 0 Å². The molecule has 1 atom stereocenters. The van der Waals surface area contributed by atoms with Gasteiger partial charge in [-0.25, -0.2) is 0 Å². The van der Waals surface area contributed by atoms with E-state index in [1.165, 1.54) is 24.0 Å². The zero-order chi connectivity index (χ0) is 13.0. The number of nitrogens with zero attached hydrogens (tertiary/aromatic N) is 1. The SMILES string of the molecule is CCN(C)CCNC1CCCc2cc(O)ccc21. The lowest BCUT2D eigenvalue weighted by Crippen LogP contribution is -2.33. The van der Waals surface area contributed by atoms with Crippen molar-refractivity contribution in [3.05, 3.63) is 29.3 Å². The Balaban J connectivity index is 1.95. The molecule has 0 bridgehead atoms. The topological polar surface area (TPSA) is 35.5 Å². The Morgan fingerprint density at radius 1 is 1.44 bits per heavy atom. The monoisotopic (exact) mass is 248 g/mol. The Hall–Kier alpha value is -1.06. The summed E-state index contributed by atoms with van der Waals surface area (Å²) in [6.07, 6.45) is 3.50. The second-order valence-corrected chi connectivity index (χ2v) is 5.18. The lowest BCUT2D eigenvalue weighted by atomic mass is 9.87. The van der Waals surface area contributed by atoms with E-state index in [2.05, 4.69) is 30.3 Å². The molecule has 0 spiro atoms. The van der Waals surface area contributed by atoms with Crippen LogP contribution in [0.4, 0.5) is 0 Å². The minimum atomic E-state index is 0.389. The van der Waals surface area contributed by atoms with E-state index in [1.807, 2.05) is 6.07 Å². The van der Waals surface area contributed by atoms with E-state index in [9.17, 15) is 5.11 Å².